The number of ether oxygens (including phenoxy) is 1. The van der Waals surface area contributed by atoms with Crippen molar-refractivity contribution >= 4 is 17.6 Å². The van der Waals surface area contributed by atoms with Gasteiger partial charge in [0.25, 0.3) is 0 Å². The van der Waals surface area contributed by atoms with E-state index < -0.39 is 5.60 Å². The highest BCUT2D eigenvalue weighted by molar-refractivity contribution is 5.68. The Balaban J connectivity index is 1.97. The maximum atomic E-state index is 12.1. The summed E-state index contributed by atoms with van der Waals surface area (Å²) >= 11 is 0. The molecule has 21 heavy (non-hydrogen) atoms. The summed E-state index contributed by atoms with van der Waals surface area (Å²) in [7, 11) is 0. The van der Waals surface area contributed by atoms with Crippen molar-refractivity contribution in [2.24, 2.45) is 0 Å². The van der Waals surface area contributed by atoms with Gasteiger partial charge in [-0.15, -0.1) is 0 Å². The number of nitrogen functional groups attached to an aromatic ring is 1. The number of nitrogens with two attached hydrogens (primary N) is 1. The standard InChI is InChI=1S/C15H24N4O2/c1-15(2,3)21-14(20)19-8-4-7-18(9-10-19)13-11-12(16)5-6-17-13/h5-6,11H,4,7-10H2,1-3H3,(H2,16,17). The van der Waals surface area contributed by atoms with Crippen LogP contribution in [-0.2, 0) is 4.74 Å². The molecule has 0 aliphatic carbocycles. The normalized spacial score (nSPS) is 16.5. The van der Waals surface area contributed by atoms with E-state index in [9.17, 15) is 4.79 Å². The molecule has 0 atom stereocenters. The molecule has 116 valence electrons. The Morgan fingerprint density at radius 1 is 1.29 bits per heavy atom. The zero-order chi connectivity index (χ0) is 15.5. The van der Waals surface area contributed by atoms with Crippen LogP contribution in [0.5, 0.6) is 0 Å². The fourth-order valence-electron chi connectivity index (χ4n) is 2.26. The number of hydrogen-bond acceptors (Lipinski definition) is 5. The molecule has 2 rings (SSSR count). The summed E-state index contributed by atoms with van der Waals surface area (Å²) in [6, 6.07) is 3.64. The first-order valence-corrected chi connectivity index (χ1v) is 7.29. The zero-order valence-electron chi connectivity index (χ0n) is 13.0. The number of pyridine rings is 1. The zero-order valence-corrected chi connectivity index (χ0v) is 13.0. The van der Waals surface area contributed by atoms with Crippen molar-refractivity contribution in [2.45, 2.75) is 32.8 Å². The summed E-state index contributed by atoms with van der Waals surface area (Å²) in [4.78, 5) is 20.4. The lowest BCUT2D eigenvalue weighted by Gasteiger charge is -2.26. The minimum Gasteiger partial charge on any atom is -0.444 e. The average molecular weight is 292 g/mol. The first-order chi connectivity index (χ1) is 9.85. The van der Waals surface area contributed by atoms with E-state index in [1.165, 1.54) is 0 Å². The molecule has 0 saturated carbocycles. The van der Waals surface area contributed by atoms with Crippen molar-refractivity contribution < 1.29 is 9.53 Å². The Labute approximate surface area is 125 Å². The van der Waals surface area contributed by atoms with Crippen LogP contribution in [0.15, 0.2) is 18.3 Å². The van der Waals surface area contributed by atoms with E-state index in [1.54, 1.807) is 17.2 Å². The molecule has 1 aliphatic heterocycles. The SMILES string of the molecule is CC(C)(C)OC(=O)N1CCCN(c2cc(N)ccn2)CC1. The predicted octanol–water partition coefficient (Wildman–Crippen LogP) is 2.11. The van der Waals surface area contributed by atoms with Crippen LogP contribution >= 0.6 is 0 Å². The lowest BCUT2D eigenvalue weighted by Crippen LogP contribution is -2.39. The van der Waals surface area contributed by atoms with Gasteiger partial charge in [-0.2, -0.15) is 0 Å². The summed E-state index contributed by atoms with van der Waals surface area (Å²) in [5.74, 6) is 0.862. The van der Waals surface area contributed by atoms with E-state index in [4.69, 9.17) is 10.5 Å². The average Bonchev–Trinajstić information content (AvgIpc) is 2.62. The second-order valence-corrected chi connectivity index (χ2v) is 6.26. The molecule has 0 unspecified atom stereocenters. The topological polar surface area (TPSA) is 71.7 Å². The Morgan fingerprint density at radius 2 is 2.05 bits per heavy atom. The third-order valence-electron chi connectivity index (χ3n) is 3.24. The molecular formula is C15H24N4O2. The lowest BCUT2D eigenvalue weighted by molar-refractivity contribution is 0.0263. The molecule has 1 fully saturated rings. The van der Waals surface area contributed by atoms with Gasteiger partial charge >= 0.3 is 6.09 Å². The van der Waals surface area contributed by atoms with Crippen LogP contribution in [0.2, 0.25) is 0 Å². The molecule has 1 saturated heterocycles. The van der Waals surface area contributed by atoms with Crippen LogP contribution in [0, 0.1) is 0 Å². The monoisotopic (exact) mass is 292 g/mol. The Hall–Kier alpha value is -1.98. The maximum Gasteiger partial charge on any atom is 0.410 e. The molecule has 2 N–H and O–H groups in total. The van der Waals surface area contributed by atoms with E-state index in [0.717, 1.165) is 25.3 Å². The van der Waals surface area contributed by atoms with Crippen LogP contribution in [0.25, 0.3) is 0 Å². The van der Waals surface area contributed by atoms with Crippen molar-refractivity contribution in [3.05, 3.63) is 18.3 Å². The van der Waals surface area contributed by atoms with Gasteiger partial charge in [0, 0.05) is 44.1 Å². The molecule has 1 aromatic heterocycles. The van der Waals surface area contributed by atoms with E-state index >= 15 is 0 Å². The lowest BCUT2D eigenvalue weighted by atomic mass is 10.2. The van der Waals surface area contributed by atoms with E-state index in [-0.39, 0.29) is 6.09 Å². The predicted molar refractivity (Wildman–Crippen MR) is 83.3 cm³/mol. The smallest absolute Gasteiger partial charge is 0.410 e. The van der Waals surface area contributed by atoms with Gasteiger partial charge in [0.1, 0.15) is 11.4 Å². The van der Waals surface area contributed by atoms with Gasteiger partial charge in [0.2, 0.25) is 0 Å². The summed E-state index contributed by atoms with van der Waals surface area (Å²) in [6.07, 6.45) is 2.35. The molecule has 0 bridgehead atoms. The molecule has 6 nitrogen and oxygen atoms in total. The van der Waals surface area contributed by atoms with Gasteiger partial charge < -0.3 is 20.3 Å². The van der Waals surface area contributed by atoms with Crippen LogP contribution in [-0.4, -0.2) is 47.8 Å². The second kappa shape index (κ2) is 6.20. The number of amides is 1. The number of carbonyl (C=O) groups excluding carboxylic acids is 1. The molecule has 1 aliphatic rings. The number of rotatable bonds is 1. The van der Waals surface area contributed by atoms with Gasteiger partial charge in [0.15, 0.2) is 0 Å². The second-order valence-electron chi connectivity index (χ2n) is 6.26. The largest absolute Gasteiger partial charge is 0.444 e. The van der Waals surface area contributed by atoms with Crippen molar-refractivity contribution in [1.82, 2.24) is 9.88 Å². The highest BCUT2D eigenvalue weighted by Crippen LogP contribution is 2.17. The summed E-state index contributed by atoms with van der Waals surface area (Å²) < 4.78 is 5.43. The number of anilines is 2. The number of carbonyl (C=O) groups is 1. The molecule has 1 aromatic rings. The molecular weight excluding hydrogens is 268 g/mol. The molecule has 0 radical (unpaired) electrons. The summed E-state index contributed by atoms with van der Waals surface area (Å²) in [6.45, 7) is 8.56. The number of hydrogen-bond donors (Lipinski definition) is 1. The summed E-state index contributed by atoms with van der Waals surface area (Å²) in [5.41, 5.74) is 6.04. The molecule has 6 heteroatoms. The maximum absolute atomic E-state index is 12.1. The Kier molecular flexibility index (Phi) is 4.55. The van der Waals surface area contributed by atoms with Crippen molar-refractivity contribution in [2.75, 3.05) is 36.8 Å². The first kappa shape index (κ1) is 15.4. The van der Waals surface area contributed by atoms with Crippen molar-refractivity contribution in [3.8, 4) is 0 Å². The van der Waals surface area contributed by atoms with Gasteiger partial charge in [0.05, 0.1) is 0 Å². The fraction of sp³-hybridized carbons (Fsp3) is 0.600. The van der Waals surface area contributed by atoms with Crippen LogP contribution < -0.4 is 10.6 Å². The third-order valence-corrected chi connectivity index (χ3v) is 3.24. The van der Waals surface area contributed by atoms with Gasteiger partial charge in [-0.05, 0) is 33.3 Å². The minimum atomic E-state index is -0.460. The quantitative estimate of drug-likeness (QED) is 0.858. The number of nitrogens with zero attached hydrogens (tertiary/aromatic N) is 3. The molecule has 1 amide bonds. The Morgan fingerprint density at radius 3 is 2.71 bits per heavy atom. The molecule has 0 aromatic carbocycles. The minimum absolute atomic E-state index is 0.245. The van der Waals surface area contributed by atoms with Crippen LogP contribution in [0.3, 0.4) is 0 Å². The fourth-order valence-corrected chi connectivity index (χ4v) is 2.26. The van der Waals surface area contributed by atoms with Gasteiger partial charge in [-0.25, -0.2) is 9.78 Å². The van der Waals surface area contributed by atoms with Crippen LogP contribution in [0.1, 0.15) is 27.2 Å². The first-order valence-electron chi connectivity index (χ1n) is 7.29. The van der Waals surface area contributed by atoms with Crippen LogP contribution in [0.4, 0.5) is 16.3 Å². The third kappa shape index (κ3) is 4.51. The van der Waals surface area contributed by atoms with E-state index in [0.29, 0.717) is 18.8 Å². The Bertz CT molecular complexity index is 499. The highest BCUT2D eigenvalue weighted by atomic mass is 16.6. The van der Waals surface area contributed by atoms with Crippen molar-refractivity contribution in [1.29, 1.82) is 0 Å². The van der Waals surface area contributed by atoms with Gasteiger partial charge in [-0.3, -0.25) is 0 Å². The highest BCUT2D eigenvalue weighted by Gasteiger charge is 2.24. The van der Waals surface area contributed by atoms with E-state index in [2.05, 4.69) is 9.88 Å². The molecule has 0 spiro atoms. The van der Waals surface area contributed by atoms with E-state index in [1.807, 2.05) is 26.8 Å². The molecule has 2 heterocycles. The summed E-state index contributed by atoms with van der Waals surface area (Å²) in [5, 5.41) is 0. The number of aromatic nitrogens is 1. The van der Waals surface area contributed by atoms with Gasteiger partial charge in [-0.1, -0.05) is 0 Å². The van der Waals surface area contributed by atoms with Crippen molar-refractivity contribution in [3.63, 3.8) is 0 Å².